The molecule has 0 radical (unpaired) electrons. The van der Waals surface area contributed by atoms with Crippen LogP contribution in [0.15, 0.2) is 24.3 Å². The van der Waals surface area contributed by atoms with Gasteiger partial charge in [-0.15, -0.1) is 11.3 Å². The number of halogens is 1. The lowest BCUT2D eigenvalue weighted by Crippen LogP contribution is -2.38. The number of aromatic nitrogens is 1. The fraction of sp³-hybridized carbons (Fsp3) is 0.560. The highest BCUT2D eigenvalue weighted by molar-refractivity contribution is 7.99. The van der Waals surface area contributed by atoms with Gasteiger partial charge in [-0.25, -0.2) is 9.37 Å². The molecule has 1 aliphatic heterocycles. The third-order valence-electron chi connectivity index (χ3n) is 6.85. The number of carbonyl (C=O) groups is 1. The Morgan fingerprint density at radius 1 is 1.27 bits per heavy atom. The van der Waals surface area contributed by atoms with Crippen LogP contribution in [0.5, 0.6) is 0 Å². The highest BCUT2D eigenvalue weighted by atomic mass is 32.2. The van der Waals surface area contributed by atoms with Gasteiger partial charge in [-0.3, -0.25) is 4.79 Å². The van der Waals surface area contributed by atoms with Gasteiger partial charge in [-0.1, -0.05) is 12.1 Å². The quantitative estimate of drug-likeness (QED) is 0.560. The van der Waals surface area contributed by atoms with Crippen molar-refractivity contribution in [3.8, 4) is 16.5 Å². The number of benzene rings is 1. The molecule has 1 aromatic heterocycles. The number of piperidine rings is 1. The number of aryl methyl sites for hydroxylation is 1. The molecule has 1 saturated heterocycles. The highest BCUT2D eigenvalue weighted by Gasteiger charge is 2.38. The SMILES string of the molecule is CSC1CCN(c2ccc(-c3sc(C)nc3[C@@H]3CC[C@H](F)CC3C(=O)NCC#N)cc2)CC1. The number of anilines is 1. The predicted molar refractivity (Wildman–Crippen MR) is 135 cm³/mol. The summed E-state index contributed by atoms with van der Waals surface area (Å²) in [6.45, 7) is 4.09. The summed E-state index contributed by atoms with van der Waals surface area (Å²) in [5, 5.41) is 13.2. The van der Waals surface area contributed by atoms with Crippen molar-refractivity contribution in [3.05, 3.63) is 35.0 Å². The van der Waals surface area contributed by atoms with Gasteiger partial charge in [0, 0.05) is 35.9 Å². The van der Waals surface area contributed by atoms with Crippen LogP contribution in [-0.2, 0) is 4.79 Å². The van der Waals surface area contributed by atoms with E-state index in [0.717, 1.165) is 39.5 Å². The van der Waals surface area contributed by atoms with Crippen molar-refractivity contribution in [2.75, 3.05) is 30.8 Å². The molecule has 33 heavy (non-hydrogen) atoms. The first-order chi connectivity index (χ1) is 16.0. The number of hydrogen-bond acceptors (Lipinski definition) is 6. The number of nitriles is 1. The molecule has 176 valence electrons. The zero-order valence-electron chi connectivity index (χ0n) is 19.2. The number of thioether (sulfide) groups is 1. The van der Waals surface area contributed by atoms with Crippen LogP contribution in [0.2, 0.25) is 0 Å². The Morgan fingerprint density at radius 2 is 2.00 bits per heavy atom. The van der Waals surface area contributed by atoms with Gasteiger partial charge in [0.2, 0.25) is 5.91 Å². The van der Waals surface area contributed by atoms with E-state index in [1.165, 1.54) is 18.5 Å². The second-order valence-corrected chi connectivity index (χ2v) is 11.3. The summed E-state index contributed by atoms with van der Waals surface area (Å²) in [6, 6.07) is 10.6. The lowest BCUT2D eigenvalue weighted by atomic mass is 9.75. The van der Waals surface area contributed by atoms with E-state index in [1.807, 2.05) is 24.8 Å². The summed E-state index contributed by atoms with van der Waals surface area (Å²) in [4.78, 5) is 21.1. The second-order valence-electron chi connectivity index (χ2n) is 8.92. The summed E-state index contributed by atoms with van der Waals surface area (Å²) in [7, 11) is 0. The first-order valence-corrected chi connectivity index (χ1v) is 13.7. The zero-order valence-corrected chi connectivity index (χ0v) is 20.9. The number of amides is 1. The average Bonchev–Trinajstić information content (AvgIpc) is 3.24. The van der Waals surface area contributed by atoms with Crippen LogP contribution >= 0.6 is 23.1 Å². The van der Waals surface area contributed by atoms with Gasteiger partial charge >= 0.3 is 0 Å². The van der Waals surface area contributed by atoms with E-state index in [4.69, 9.17) is 10.2 Å². The third kappa shape index (κ3) is 5.52. The highest BCUT2D eigenvalue weighted by Crippen LogP contribution is 2.44. The topological polar surface area (TPSA) is 69.0 Å². The molecular formula is C25H31FN4OS2. The van der Waals surface area contributed by atoms with Gasteiger partial charge in [0.25, 0.3) is 0 Å². The standard InChI is InChI=1S/C25H31FN4OS2/c1-16-29-23(21-8-5-18(26)15-22(21)25(31)28-12-11-27)24(33-16)17-3-6-19(7-4-17)30-13-9-20(32-2)10-14-30/h3-4,6-7,18,20-22H,5,8-10,12-15H2,1-2H3,(H,28,31)/t18-,21+,22?/m0/s1. The fourth-order valence-electron chi connectivity index (χ4n) is 5.07. The first-order valence-electron chi connectivity index (χ1n) is 11.6. The van der Waals surface area contributed by atoms with Crippen molar-refractivity contribution in [3.63, 3.8) is 0 Å². The lowest BCUT2D eigenvalue weighted by molar-refractivity contribution is -0.127. The first kappa shape index (κ1) is 24.0. The van der Waals surface area contributed by atoms with E-state index in [-0.39, 0.29) is 24.8 Å². The molecule has 3 atom stereocenters. The van der Waals surface area contributed by atoms with Crippen LogP contribution < -0.4 is 10.2 Å². The van der Waals surface area contributed by atoms with Gasteiger partial charge in [0.15, 0.2) is 0 Å². The minimum absolute atomic E-state index is 0.0579. The Bertz CT molecular complexity index is 995. The zero-order chi connectivity index (χ0) is 23.4. The van der Waals surface area contributed by atoms with Crippen molar-refractivity contribution in [1.29, 1.82) is 5.26 Å². The van der Waals surface area contributed by atoms with Crippen molar-refractivity contribution < 1.29 is 9.18 Å². The van der Waals surface area contributed by atoms with Crippen LogP contribution in [0.1, 0.15) is 48.7 Å². The maximum absolute atomic E-state index is 14.2. The smallest absolute Gasteiger partial charge is 0.224 e. The van der Waals surface area contributed by atoms with Crippen molar-refractivity contribution in [2.45, 2.75) is 56.4 Å². The molecule has 0 spiro atoms. The Kier molecular flexibility index (Phi) is 7.92. The monoisotopic (exact) mass is 486 g/mol. The molecule has 2 heterocycles. The maximum Gasteiger partial charge on any atom is 0.224 e. The summed E-state index contributed by atoms with van der Waals surface area (Å²) in [5.74, 6) is -0.884. The third-order valence-corrected chi connectivity index (χ3v) is 9.02. The molecule has 0 bridgehead atoms. The summed E-state index contributed by atoms with van der Waals surface area (Å²) in [6.07, 6.45) is 4.85. The number of thiazole rings is 1. The summed E-state index contributed by atoms with van der Waals surface area (Å²) < 4.78 is 14.2. The Hall–Kier alpha value is -2.11. The van der Waals surface area contributed by atoms with Gasteiger partial charge in [-0.05, 0) is 63.0 Å². The molecule has 1 aromatic carbocycles. The van der Waals surface area contributed by atoms with Crippen LogP contribution in [0.25, 0.3) is 10.4 Å². The van der Waals surface area contributed by atoms with Crippen molar-refractivity contribution in [2.24, 2.45) is 5.92 Å². The van der Waals surface area contributed by atoms with E-state index in [1.54, 1.807) is 11.3 Å². The number of nitrogens with zero attached hydrogens (tertiary/aromatic N) is 3. The number of alkyl halides is 1. The average molecular weight is 487 g/mol. The lowest BCUT2D eigenvalue weighted by Gasteiger charge is -2.33. The molecule has 5 nitrogen and oxygen atoms in total. The van der Waals surface area contributed by atoms with Crippen molar-refractivity contribution >= 4 is 34.7 Å². The van der Waals surface area contributed by atoms with Crippen LogP contribution in [0, 0.1) is 24.2 Å². The Morgan fingerprint density at radius 3 is 2.67 bits per heavy atom. The minimum atomic E-state index is -0.989. The van der Waals surface area contributed by atoms with Crippen LogP contribution in [-0.4, -0.2) is 48.2 Å². The minimum Gasteiger partial charge on any atom is -0.371 e. The van der Waals surface area contributed by atoms with Crippen LogP contribution in [0.4, 0.5) is 10.1 Å². The molecule has 1 N–H and O–H groups in total. The number of rotatable bonds is 6. The fourth-order valence-corrected chi connectivity index (χ4v) is 6.75. The number of nitrogens with one attached hydrogen (secondary N) is 1. The Balaban J connectivity index is 1.56. The predicted octanol–water partition coefficient (Wildman–Crippen LogP) is 5.31. The molecule has 1 unspecified atom stereocenters. The molecule has 1 amide bonds. The largest absolute Gasteiger partial charge is 0.371 e. The summed E-state index contributed by atoms with van der Waals surface area (Å²) >= 11 is 3.60. The van der Waals surface area contributed by atoms with E-state index >= 15 is 0 Å². The van der Waals surface area contributed by atoms with Gasteiger partial charge in [0.05, 0.1) is 21.6 Å². The van der Waals surface area contributed by atoms with Crippen molar-refractivity contribution in [1.82, 2.24) is 10.3 Å². The number of hydrogen-bond donors (Lipinski definition) is 1. The van der Waals surface area contributed by atoms with Gasteiger partial charge in [-0.2, -0.15) is 17.0 Å². The normalized spacial score (nSPS) is 23.8. The molecule has 2 fully saturated rings. The molecule has 4 rings (SSSR count). The molecule has 2 aliphatic rings. The summed E-state index contributed by atoms with van der Waals surface area (Å²) in [5.41, 5.74) is 3.24. The second kappa shape index (κ2) is 10.9. The maximum atomic E-state index is 14.2. The van der Waals surface area contributed by atoms with Gasteiger partial charge in [0.1, 0.15) is 12.7 Å². The van der Waals surface area contributed by atoms with Crippen LogP contribution in [0.3, 0.4) is 0 Å². The molecule has 2 aromatic rings. The van der Waals surface area contributed by atoms with Gasteiger partial charge < -0.3 is 10.2 Å². The molecule has 1 saturated carbocycles. The Labute approximate surface area is 203 Å². The molecule has 1 aliphatic carbocycles. The number of carbonyl (C=O) groups excluding carboxylic acids is 1. The van der Waals surface area contributed by atoms with E-state index < -0.39 is 12.1 Å². The van der Waals surface area contributed by atoms with E-state index in [2.05, 4.69) is 40.7 Å². The molecular weight excluding hydrogens is 455 g/mol. The van der Waals surface area contributed by atoms with E-state index in [9.17, 15) is 9.18 Å². The molecule has 8 heteroatoms. The van der Waals surface area contributed by atoms with E-state index in [0.29, 0.717) is 12.8 Å².